The molecule has 0 radical (unpaired) electrons. The molecule has 2 heterocycles. The predicted octanol–water partition coefficient (Wildman–Crippen LogP) is 2.05. The Morgan fingerprint density at radius 2 is 2.15 bits per heavy atom. The van der Waals surface area contributed by atoms with Gasteiger partial charge in [0, 0.05) is 50.5 Å². The SMILES string of the molecule is CCn1cc(CN2CCN[C@H](c3ccccc3)C2)cn1. The molecule has 4 heteroatoms. The standard InChI is InChI=1S/C16H22N4/c1-2-20-12-14(10-18-20)11-19-9-8-17-16(13-19)15-6-4-3-5-7-15/h3-7,10,12,16-17H,2,8-9,11,13H2,1H3/t16-/m0/s1. The van der Waals surface area contributed by atoms with Crippen molar-refractivity contribution in [1.82, 2.24) is 20.0 Å². The van der Waals surface area contributed by atoms with Crippen molar-refractivity contribution >= 4 is 0 Å². The van der Waals surface area contributed by atoms with Crippen molar-refractivity contribution in [1.29, 1.82) is 0 Å². The molecule has 1 N–H and O–H groups in total. The molecule has 0 saturated carbocycles. The molecular formula is C16H22N4. The van der Waals surface area contributed by atoms with Crippen LogP contribution in [0.3, 0.4) is 0 Å². The Balaban J connectivity index is 1.63. The van der Waals surface area contributed by atoms with Crippen molar-refractivity contribution in [3.8, 4) is 0 Å². The zero-order valence-corrected chi connectivity index (χ0v) is 12.0. The summed E-state index contributed by atoms with van der Waals surface area (Å²) in [5.41, 5.74) is 2.68. The Bertz CT molecular complexity index is 534. The average Bonchev–Trinajstić information content (AvgIpc) is 2.96. The van der Waals surface area contributed by atoms with E-state index in [2.05, 4.69) is 58.8 Å². The van der Waals surface area contributed by atoms with E-state index in [-0.39, 0.29) is 0 Å². The van der Waals surface area contributed by atoms with Gasteiger partial charge in [-0.2, -0.15) is 5.10 Å². The maximum absolute atomic E-state index is 4.35. The third kappa shape index (κ3) is 3.08. The van der Waals surface area contributed by atoms with Gasteiger partial charge >= 0.3 is 0 Å². The second-order valence-corrected chi connectivity index (χ2v) is 5.36. The Labute approximate surface area is 120 Å². The van der Waals surface area contributed by atoms with Crippen molar-refractivity contribution in [2.45, 2.75) is 26.1 Å². The minimum atomic E-state index is 0.436. The van der Waals surface area contributed by atoms with Gasteiger partial charge in [0.15, 0.2) is 0 Å². The predicted molar refractivity (Wildman–Crippen MR) is 80.4 cm³/mol. The molecule has 1 aromatic carbocycles. The molecule has 1 atom stereocenters. The molecule has 0 amide bonds. The van der Waals surface area contributed by atoms with Crippen LogP contribution in [0.15, 0.2) is 42.7 Å². The topological polar surface area (TPSA) is 33.1 Å². The lowest BCUT2D eigenvalue weighted by Crippen LogP contribution is -2.45. The lowest BCUT2D eigenvalue weighted by molar-refractivity contribution is 0.193. The molecule has 1 fully saturated rings. The molecule has 0 aliphatic carbocycles. The van der Waals surface area contributed by atoms with Gasteiger partial charge in [-0.3, -0.25) is 9.58 Å². The quantitative estimate of drug-likeness (QED) is 0.923. The second kappa shape index (κ2) is 6.20. The van der Waals surface area contributed by atoms with E-state index in [4.69, 9.17) is 0 Å². The minimum absolute atomic E-state index is 0.436. The van der Waals surface area contributed by atoms with Gasteiger partial charge < -0.3 is 5.32 Å². The summed E-state index contributed by atoms with van der Waals surface area (Å²) in [7, 11) is 0. The van der Waals surface area contributed by atoms with E-state index >= 15 is 0 Å². The number of aryl methyl sites for hydroxylation is 1. The first-order valence-electron chi connectivity index (χ1n) is 7.37. The molecule has 4 nitrogen and oxygen atoms in total. The van der Waals surface area contributed by atoms with Crippen molar-refractivity contribution < 1.29 is 0 Å². The summed E-state index contributed by atoms with van der Waals surface area (Å²) in [6.45, 7) is 7.25. The van der Waals surface area contributed by atoms with Crippen molar-refractivity contribution in [3.63, 3.8) is 0 Å². The molecule has 3 rings (SSSR count). The second-order valence-electron chi connectivity index (χ2n) is 5.36. The first kappa shape index (κ1) is 13.3. The molecule has 0 unspecified atom stereocenters. The Morgan fingerprint density at radius 3 is 2.90 bits per heavy atom. The molecule has 20 heavy (non-hydrogen) atoms. The van der Waals surface area contributed by atoms with Crippen molar-refractivity contribution in [3.05, 3.63) is 53.9 Å². The van der Waals surface area contributed by atoms with Gasteiger partial charge in [0.05, 0.1) is 6.20 Å². The number of rotatable bonds is 4. The highest BCUT2D eigenvalue weighted by Gasteiger charge is 2.20. The highest BCUT2D eigenvalue weighted by Crippen LogP contribution is 2.18. The zero-order chi connectivity index (χ0) is 13.8. The summed E-state index contributed by atoms with van der Waals surface area (Å²) in [4.78, 5) is 2.51. The van der Waals surface area contributed by atoms with Gasteiger partial charge in [-0.05, 0) is 12.5 Å². The number of nitrogens with zero attached hydrogens (tertiary/aromatic N) is 3. The number of benzene rings is 1. The molecular weight excluding hydrogens is 248 g/mol. The van der Waals surface area contributed by atoms with Gasteiger partial charge in [0.2, 0.25) is 0 Å². The maximum atomic E-state index is 4.35. The van der Waals surface area contributed by atoms with Crippen LogP contribution in [0.4, 0.5) is 0 Å². The summed E-state index contributed by atoms with van der Waals surface area (Å²) in [5.74, 6) is 0. The van der Waals surface area contributed by atoms with Crippen LogP contribution in [0.2, 0.25) is 0 Å². The monoisotopic (exact) mass is 270 g/mol. The summed E-state index contributed by atoms with van der Waals surface area (Å²) < 4.78 is 1.99. The largest absolute Gasteiger partial charge is 0.308 e. The maximum Gasteiger partial charge on any atom is 0.0534 e. The third-order valence-electron chi connectivity index (χ3n) is 3.88. The normalized spacial score (nSPS) is 20.1. The number of piperazine rings is 1. The number of hydrogen-bond acceptors (Lipinski definition) is 3. The molecule has 0 spiro atoms. The van der Waals surface area contributed by atoms with E-state index < -0.39 is 0 Å². The van der Waals surface area contributed by atoms with Gasteiger partial charge in [0.25, 0.3) is 0 Å². The van der Waals surface area contributed by atoms with E-state index in [1.807, 2.05) is 10.9 Å². The highest BCUT2D eigenvalue weighted by molar-refractivity contribution is 5.20. The van der Waals surface area contributed by atoms with E-state index in [0.717, 1.165) is 32.7 Å². The van der Waals surface area contributed by atoms with Gasteiger partial charge in [-0.15, -0.1) is 0 Å². The van der Waals surface area contributed by atoms with Gasteiger partial charge in [-0.1, -0.05) is 30.3 Å². The fourth-order valence-electron chi connectivity index (χ4n) is 2.78. The Morgan fingerprint density at radius 1 is 1.30 bits per heavy atom. The van der Waals surface area contributed by atoms with Crippen LogP contribution in [-0.4, -0.2) is 34.3 Å². The number of aromatic nitrogens is 2. The van der Waals surface area contributed by atoms with Gasteiger partial charge in [-0.25, -0.2) is 0 Å². The lowest BCUT2D eigenvalue weighted by atomic mass is 10.0. The van der Waals surface area contributed by atoms with Crippen molar-refractivity contribution in [2.24, 2.45) is 0 Å². The van der Waals surface area contributed by atoms with E-state index in [1.165, 1.54) is 11.1 Å². The summed E-state index contributed by atoms with van der Waals surface area (Å²) in [6, 6.07) is 11.1. The van der Waals surface area contributed by atoms with Crippen molar-refractivity contribution in [2.75, 3.05) is 19.6 Å². The van der Waals surface area contributed by atoms with E-state index in [0.29, 0.717) is 6.04 Å². The molecule has 0 bridgehead atoms. The van der Waals surface area contributed by atoms with Crippen LogP contribution in [0, 0.1) is 0 Å². The minimum Gasteiger partial charge on any atom is -0.308 e. The van der Waals surface area contributed by atoms with Crippen LogP contribution in [0.1, 0.15) is 24.1 Å². The molecule has 1 aliphatic heterocycles. The molecule has 1 aromatic heterocycles. The smallest absolute Gasteiger partial charge is 0.0534 e. The number of hydrogen-bond donors (Lipinski definition) is 1. The summed E-state index contributed by atoms with van der Waals surface area (Å²) in [6.07, 6.45) is 4.14. The molecule has 1 saturated heterocycles. The highest BCUT2D eigenvalue weighted by atomic mass is 15.3. The zero-order valence-electron chi connectivity index (χ0n) is 12.0. The average molecular weight is 270 g/mol. The van der Waals surface area contributed by atoms with Crippen LogP contribution in [-0.2, 0) is 13.1 Å². The summed E-state index contributed by atoms with van der Waals surface area (Å²) in [5, 5.41) is 7.96. The molecule has 2 aromatic rings. The Hall–Kier alpha value is -1.65. The summed E-state index contributed by atoms with van der Waals surface area (Å²) >= 11 is 0. The molecule has 1 aliphatic rings. The number of nitrogens with one attached hydrogen (secondary N) is 1. The first-order chi connectivity index (χ1) is 9.85. The van der Waals surface area contributed by atoms with Crippen LogP contribution in [0.25, 0.3) is 0 Å². The Kier molecular flexibility index (Phi) is 4.14. The third-order valence-corrected chi connectivity index (χ3v) is 3.88. The van der Waals surface area contributed by atoms with Gasteiger partial charge in [0.1, 0.15) is 0 Å². The van der Waals surface area contributed by atoms with Crippen LogP contribution >= 0.6 is 0 Å². The van der Waals surface area contributed by atoms with E-state index in [9.17, 15) is 0 Å². The van der Waals surface area contributed by atoms with Crippen LogP contribution in [0.5, 0.6) is 0 Å². The lowest BCUT2D eigenvalue weighted by Gasteiger charge is -2.33. The fourth-order valence-corrected chi connectivity index (χ4v) is 2.78. The van der Waals surface area contributed by atoms with E-state index in [1.54, 1.807) is 0 Å². The fraction of sp³-hybridized carbons (Fsp3) is 0.438. The first-order valence-corrected chi connectivity index (χ1v) is 7.37. The van der Waals surface area contributed by atoms with Crippen LogP contribution < -0.4 is 5.32 Å². The molecule has 106 valence electrons.